The third-order valence-electron chi connectivity index (χ3n) is 3.14. The lowest BCUT2D eigenvalue weighted by Gasteiger charge is -2.05. The number of carbonyl (C=O) groups excluding carboxylic acids is 1. The molecule has 1 amide bonds. The Hall–Kier alpha value is -2.80. The monoisotopic (exact) mass is 331 g/mol. The molecule has 23 heavy (non-hydrogen) atoms. The first-order chi connectivity index (χ1) is 11.0. The van der Waals surface area contributed by atoms with Gasteiger partial charge >= 0.3 is 0 Å². The van der Waals surface area contributed by atoms with Gasteiger partial charge in [-0.2, -0.15) is 0 Å². The molecule has 0 bridgehead atoms. The number of hydrogen-bond acceptors (Lipinski definition) is 4. The van der Waals surface area contributed by atoms with Crippen LogP contribution >= 0.6 is 11.6 Å². The van der Waals surface area contributed by atoms with Crippen molar-refractivity contribution >= 4 is 23.3 Å². The van der Waals surface area contributed by atoms with Gasteiger partial charge in [0.1, 0.15) is 16.8 Å². The minimum absolute atomic E-state index is 0.149. The van der Waals surface area contributed by atoms with Crippen molar-refractivity contribution in [2.75, 3.05) is 5.32 Å². The second kappa shape index (κ2) is 6.13. The number of nitrogens with one attached hydrogen (secondary N) is 1. The molecule has 0 radical (unpaired) electrons. The molecule has 0 unspecified atom stereocenters. The lowest BCUT2D eigenvalue weighted by atomic mass is 10.2. The molecule has 0 atom stereocenters. The van der Waals surface area contributed by atoms with E-state index in [0.717, 1.165) is 0 Å². The van der Waals surface area contributed by atoms with Gasteiger partial charge in [-0.25, -0.2) is 14.1 Å². The fraction of sp³-hybridized carbons (Fsp3) is 0.0667. The highest BCUT2D eigenvalue weighted by molar-refractivity contribution is 6.29. The summed E-state index contributed by atoms with van der Waals surface area (Å²) in [5.41, 5.74) is 1.28. The maximum Gasteiger partial charge on any atom is 0.279 e. The molecule has 0 spiro atoms. The van der Waals surface area contributed by atoms with E-state index in [1.807, 2.05) is 0 Å². The van der Waals surface area contributed by atoms with Gasteiger partial charge in [-0.3, -0.25) is 4.79 Å². The van der Waals surface area contributed by atoms with E-state index in [9.17, 15) is 9.18 Å². The number of anilines is 1. The molecule has 3 rings (SSSR count). The van der Waals surface area contributed by atoms with E-state index in [0.29, 0.717) is 17.2 Å². The Bertz CT molecular complexity index is 863. The average molecular weight is 332 g/mol. The number of carbonyl (C=O) groups is 1. The molecule has 2 aromatic heterocycles. The lowest BCUT2D eigenvalue weighted by Crippen LogP contribution is -2.15. The van der Waals surface area contributed by atoms with Gasteiger partial charge in [-0.05, 0) is 43.3 Å². The van der Waals surface area contributed by atoms with Gasteiger partial charge in [-0.1, -0.05) is 22.9 Å². The molecule has 8 heteroatoms. The van der Waals surface area contributed by atoms with Crippen LogP contribution in [-0.4, -0.2) is 25.9 Å². The Balaban J connectivity index is 1.86. The van der Waals surface area contributed by atoms with Crippen molar-refractivity contribution in [1.82, 2.24) is 20.0 Å². The standard InChI is InChI=1S/C15H11ClFN5O/c1-9-14(15(23)19-13-4-2-3-12(16)18-13)20-21-22(9)11-7-5-10(17)6-8-11/h2-8H,1H3,(H,18,19,23). The molecule has 0 saturated heterocycles. The van der Waals surface area contributed by atoms with Crippen LogP contribution in [0.4, 0.5) is 10.2 Å². The highest BCUT2D eigenvalue weighted by Crippen LogP contribution is 2.15. The summed E-state index contributed by atoms with van der Waals surface area (Å²) in [6, 6.07) is 10.6. The Morgan fingerprint density at radius 2 is 1.96 bits per heavy atom. The van der Waals surface area contributed by atoms with Crippen molar-refractivity contribution in [3.05, 3.63) is 64.8 Å². The maximum absolute atomic E-state index is 13.0. The van der Waals surface area contributed by atoms with Crippen LogP contribution in [0.3, 0.4) is 0 Å². The molecule has 116 valence electrons. The van der Waals surface area contributed by atoms with Crippen LogP contribution in [0.5, 0.6) is 0 Å². The summed E-state index contributed by atoms with van der Waals surface area (Å²) in [5.74, 6) is -0.486. The largest absolute Gasteiger partial charge is 0.305 e. The fourth-order valence-corrected chi connectivity index (χ4v) is 2.18. The van der Waals surface area contributed by atoms with Gasteiger partial charge in [0.2, 0.25) is 0 Å². The van der Waals surface area contributed by atoms with Crippen LogP contribution < -0.4 is 5.32 Å². The van der Waals surface area contributed by atoms with Crippen molar-refractivity contribution in [2.24, 2.45) is 0 Å². The lowest BCUT2D eigenvalue weighted by molar-refractivity contribution is 0.102. The molecule has 0 fully saturated rings. The number of nitrogens with zero attached hydrogens (tertiary/aromatic N) is 4. The number of halogens is 2. The molecule has 0 aliphatic rings. The summed E-state index contributed by atoms with van der Waals surface area (Å²) in [4.78, 5) is 16.3. The van der Waals surface area contributed by atoms with Crippen molar-refractivity contribution in [1.29, 1.82) is 0 Å². The van der Waals surface area contributed by atoms with Crippen molar-refractivity contribution in [3.63, 3.8) is 0 Å². The van der Waals surface area contributed by atoms with Gasteiger partial charge in [0.25, 0.3) is 5.91 Å². The zero-order chi connectivity index (χ0) is 16.4. The number of benzene rings is 1. The molecule has 2 heterocycles. The minimum Gasteiger partial charge on any atom is -0.305 e. The van der Waals surface area contributed by atoms with Crippen LogP contribution in [0, 0.1) is 12.7 Å². The Morgan fingerprint density at radius 1 is 1.22 bits per heavy atom. The number of rotatable bonds is 3. The van der Waals surface area contributed by atoms with Crippen LogP contribution in [0.1, 0.15) is 16.2 Å². The van der Waals surface area contributed by atoms with E-state index in [4.69, 9.17) is 11.6 Å². The Kier molecular flexibility index (Phi) is 4.03. The van der Waals surface area contributed by atoms with E-state index in [1.165, 1.54) is 16.8 Å². The molecule has 0 saturated carbocycles. The first-order valence-electron chi connectivity index (χ1n) is 6.67. The summed E-state index contributed by atoms with van der Waals surface area (Å²) in [6.07, 6.45) is 0. The molecule has 1 aromatic carbocycles. The number of pyridine rings is 1. The number of hydrogen-bond donors (Lipinski definition) is 1. The predicted molar refractivity (Wildman–Crippen MR) is 83.3 cm³/mol. The fourth-order valence-electron chi connectivity index (χ4n) is 2.02. The minimum atomic E-state index is -0.453. The van der Waals surface area contributed by atoms with Gasteiger partial charge < -0.3 is 5.32 Å². The zero-order valence-electron chi connectivity index (χ0n) is 12.0. The van der Waals surface area contributed by atoms with E-state index in [1.54, 1.807) is 37.3 Å². The average Bonchev–Trinajstić information content (AvgIpc) is 2.90. The van der Waals surface area contributed by atoms with Crippen LogP contribution in [0.15, 0.2) is 42.5 Å². The molecule has 6 nitrogen and oxygen atoms in total. The van der Waals surface area contributed by atoms with E-state index >= 15 is 0 Å². The SMILES string of the molecule is Cc1c(C(=O)Nc2cccc(Cl)n2)nnn1-c1ccc(F)cc1. The molecule has 0 aliphatic carbocycles. The quantitative estimate of drug-likeness (QED) is 0.749. The summed E-state index contributed by atoms with van der Waals surface area (Å²) in [7, 11) is 0. The Morgan fingerprint density at radius 3 is 2.65 bits per heavy atom. The summed E-state index contributed by atoms with van der Waals surface area (Å²) < 4.78 is 14.4. The topological polar surface area (TPSA) is 72.7 Å². The first-order valence-corrected chi connectivity index (χ1v) is 7.04. The van der Waals surface area contributed by atoms with Crippen LogP contribution in [0.25, 0.3) is 5.69 Å². The number of aromatic nitrogens is 4. The van der Waals surface area contributed by atoms with Crippen molar-refractivity contribution < 1.29 is 9.18 Å². The van der Waals surface area contributed by atoms with Gasteiger partial charge in [0.05, 0.1) is 11.4 Å². The zero-order valence-corrected chi connectivity index (χ0v) is 12.8. The van der Waals surface area contributed by atoms with Gasteiger partial charge in [0.15, 0.2) is 5.69 Å². The third-order valence-corrected chi connectivity index (χ3v) is 3.35. The maximum atomic E-state index is 13.0. The third kappa shape index (κ3) is 3.19. The van der Waals surface area contributed by atoms with E-state index < -0.39 is 5.91 Å². The highest BCUT2D eigenvalue weighted by Gasteiger charge is 2.18. The van der Waals surface area contributed by atoms with E-state index in [-0.39, 0.29) is 16.7 Å². The van der Waals surface area contributed by atoms with Gasteiger partial charge in [-0.15, -0.1) is 5.10 Å². The first kappa shape index (κ1) is 15.1. The van der Waals surface area contributed by atoms with Crippen molar-refractivity contribution in [3.8, 4) is 5.69 Å². The normalized spacial score (nSPS) is 10.6. The summed E-state index contributed by atoms with van der Waals surface area (Å²) in [5, 5.41) is 10.7. The molecular formula is C15H11ClFN5O. The highest BCUT2D eigenvalue weighted by atomic mass is 35.5. The smallest absolute Gasteiger partial charge is 0.279 e. The molecule has 0 aliphatic heterocycles. The second-order valence-corrected chi connectivity index (χ2v) is 5.10. The van der Waals surface area contributed by atoms with E-state index in [2.05, 4.69) is 20.6 Å². The molecular weight excluding hydrogens is 321 g/mol. The molecule has 3 aromatic rings. The summed E-state index contributed by atoms with van der Waals surface area (Å²) >= 11 is 5.78. The van der Waals surface area contributed by atoms with Crippen molar-refractivity contribution in [2.45, 2.75) is 6.92 Å². The van der Waals surface area contributed by atoms with Gasteiger partial charge in [0, 0.05) is 0 Å². The second-order valence-electron chi connectivity index (χ2n) is 4.71. The Labute approximate surface area is 135 Å². The van der Waals surface area contributed by atoms with Crippen LogP contribution in [-0.2, 0) is 0 Å². The predicted octanol–water partition coefficient (Wildman–Crippen LogP) is 3.02. The summed E-state index contributed by atoms with van der Waals surface area (Å²) in [6.45, 7) is 1.70. The number of amides is 1. The molecule has 1 N–H and O–H groups in total. The van der Waals surface area contributed by atoms with Crippen LogP contribution in [0.2, 0.25) is 5.15 Å².